The average molecular weight is 481 g/mol. The van der Waals surface area contributed by atoms with E-state index in [2.05, 4.69) is 26.9 Å². The number of hydrogen-bond acceptors (Lipinski definition) is 4. The summed E-state index contributed by atoms with van der Waals surface area (Å²) < 4.78 is 42.9. The van der Waals surface area contributed by atoms with E-state index in [1.54, 1.807) is 6.08 Å². The van der Waals surface area contributed by atoms with Crippen LogP contribution in [0.1, 0.15) is 5.56 Å². The standard InChI is InChI=1S/C19H14BrFN2O3S2/c1-2-11-23-18(24)17(12-13-3-5-14(20)6-4-13)27-19(23)22-28(25,26)16-9-7-15(21)8-10-16/h2-10,12H,1,11H2/b17-12-,22-19?. The molecule has 0 aromatic heterocycles. The number of rotatable bonds is 5. The Hall–Kier alpha value is -2.23. The van der Waals surface area contributed by atoms with Gasteiger partial charge in [-0.2, -0.15) is 8.42 Å². The zero-order valence-electron chi connectivity index (χ0n) is 14.4. The Morgan fingerprint density at radius 3 is 2.39 bits per heavy atom. The summed E-state index contributed by atoms with van der Waals surface area (Å²) in [5, 5.41) is 0.0255. The Labute approximate surface area is 174 Å². The molecule has 0 radical (unpaired) electrons. The van der Waals surface area contributed by atoms with Crippen molar-refractivity contribution < 1.29 is 17.6 Å². The second kappa shape index (κ2) is 8.42. The van der Waals surface area contributed by atoms with Crippen molar-refractivity contribution in [2.24, 2.45) is 4.40 Å². The number of amidine groups is 1. The van der Waals surface area contributed by atoms with Crippen LogP contribution in [0, 0.1) is 5.82 Å². The summed E-state index contributed by atoms with van der Waals surface area (Å²) in [4.78, 5) is 14.1. The van der Waals surface area contributed by atoms with Gasteiger partial charge in [0, 0.05) is 11.0 Å². The van der Waals surface area contributed by atoms with Crippen molar-refractivity contribution in [3.05, 3.63) is 81.9 Å². The number of carbonyl (C=O) groups is 1. The highest BCUT2D eigenvalue weighted by Crippen LogP contribution is 2.33. The highest BCUT2D eigenvalue weighted by molar-refractivity contribution is 9.10. The molecule has 9 heteroatoms. The predicted molar refractivity (Wildman–Crippen MR) is 113 cm³/mol. The van der Waals surface area contributed by atoms with Gasteiger partial charge in [-0.05, 0) is 59.8 Å². The SMILES string of the molecule is C=CCN1C(=O)/C(=C/c2ccc(Br)cc2)SC1=NS(=O)(=O)c1ccc(F)cc1. The molecule has 0 spiro atoms. The number of halogens is 2. The van der Waals surface area contributed by atoms with Crippen LogP contribution in [0.5, 0.6) is 0 Å². The lowest BCUT2D eigenvalue weighted by molar-refractivity contribution is -0.121. The van der Waals surface area contributed by atoms with E-state index in [9.17, 15) is 17.6 Å². The second-order valence-electron chi connectivity index (χ2n) is 5.67. The minimum Gasteiger partial charge on any atom is -0.282 e. The first kappa shape index (κ1) is 20.5. The smallest absolute Gasteiger partial charge is 0.282 e. The third-order valence-corrected chi connectivity index (χ3v) is 6.61. The molecule has 0 atom stereocenters. The van der Waals surface area contributed by atoms with Crippen LogP contribution < -0.4 is 0 Å². The van der Waals surface area contributed by atoms with E-state index >= 15 is 0 Å². The summed E-state index contributed by atoms with van der Waals surface area (Å²) in [7, 11) is -4.10. The lowest BCUT2D eigenvalue weighted by Crippen LogP contribution is -2.29. The van der Waals surface area contributed by atoms with Crippen LogP contribution in [0.2, 0.25) is 0 Å². The first-order valence-electron chi connectivity index (χ1n) is 7.98. The molecule has 144 valence electrons. The van der Waals surface area contributed by atoms with Gasteiger partial charge < -0.3 is 0 Å². The fourth-order valence-electron chi connectivity index (χ4n) is 2.34. The van der Waals surface area contributed by atoms with Crippen molar-refractivity contribution in [2.45, 2.75) is 4.90 Å². The van der Waals surface area contributed by atoms with Crippen LogP contribution in [0.25, 0.3) is 6.08 Å². The quantitative estimate of drug-likeness (QED) is 0.468. The molecule has 1 fully saturated rings. The van der Waals surface area contributed by atoms with E-state index in [0.717, 1.165) is 46.1 Å². The Morgan fingerprint density at radius 2 is 1.79 bits per heavy atom. The van der Waals surface area contributed by atoms with Gasteiger partial charge in [0.05, 0.1) is 9.80 Å². The number of carbonyl (C=O) groups excluding carboxylic acids is 1. The maximum atomic E-state index is 13.1. The van der Waals surface area contributed by atoms with Crippen LogP contribution in [-0.2, 0) is 14.8 Å². The Balaban J connectivity index is 1.98. The summed E-state index contributed by atoms with van der Waals surface area (Å²) in [6.45, 7) is 3.71. The maximum Gasteiger partial charge on any atom is 0.284 e. The molecule has 3 rings (SSSR count). The zero-order valence-corrected chi connectivity index (χ0v) is 17.6. The molecule has 1 amide bonds. The van der Waals surface area contributed by atoms with Gasteiger partial charge in [0.2, 0.25) is 0 Å². The van der Waals surface area contributed by atoms with Crippen LogP contribution in [0.15, 0.2) is 79.9 Å². The Bertz CT molecular complexity index is 1080. The van der Waals surface area contributed by atoms with Gasteiger partial charge in [-0.15, -0.1) is 11.0 Å². The minimum atomic E-state index is -4.10. The average Bonchev–Trinajstić information content (AvgIpc) is 2.92. The predicted octanol–water partition coefficient (Wildman–Crippen LogP) is 4.44. The summed E-state index contributed by atoms with van der Waals surface area (Å²) in [5.74, 6) is -0.911. The highest BCUT2D eigenvalue weighted by atomic mass is 79.9. The van der Waals surface area contributed by atoms with Crippen LogP contribution in [0.3, 0.4) is 0 Å². The third-order valence-electron chi connectivity index (χ3n) is 3.68. The van der Waals surface area contributed by atoms with Crippen molar-refractivity contribution in [1.29, 1.82) is 0 Å². The molecule has 5 nitrogen and oxygen atoms in total. The second-order valence-corrected chi connectivity index (χ2v) is 9.20. The first-order valence-corrected chi connectivity index (χ1v) is 11.0. The number of thioether (sulfide) groups is 1. The fraction of sp³-hybridized carbons (Fsp3) is 0.0526. The summed E-state index contributed by atoms with van der Waals surface area (Å²) >= 11 is 4.31. The van der Waals surface area contributed by atoms with Crippen molar-refractivity contribution in [2.75, 3.05) is 6.54 Å². The lowest BCUT2D eigenvalue weighted by Gasteiger charge is -2.12. The first-order chi connectivity index (χ1) is 13.3. The van der Waals surface area contributed by atoms with Crippen molar-refractivity contribution in [1.82, 2.24) is 4.90 Å². The fourth-order valence-corrected chi connectivity index (χ4v) is 4.79. The molecule has 2 aromatic rings. The summed E-state index contributed by atoms with van der Waals surface area (Å²) in [6.07, 6.45) is 3.16. The van der Waals surface area contributed by atoms with E-state index in [-0.39, 0.29) is 22.5 Å². The van der Waals surface area contributed by atoms with E-state index in [0.29, 0.717) is 4.91 Å². The molecule has 1 aliphatic heterocycles. The van der Waals surface area contributed by atoms with Crippen molar-refractivity contribution in [3.63, 3.8) is 0 Å². The van der Waals surface area contributed by atoms with Crippen LogP contribution in [-0.4, -0.2) is 30.9 Å². The van der Waals surface area contributed by atoms with Gasteiger partial charge in [-0.3, -0.25) is 9.69 Å². The van der Waals surface area contributed by atoms with Crippen molar-refractivity contribution >= 4 is 54.9 Å². The van der Waals surface area contributed by atoms with Gasteiger partial charge in [0.1, 0.15) is 5.82 Å². The molecule has 28 heavy (non-hydrogen) atoms. The monoisotopic (exact) mass is 480 g/mol. The largest absolute Gasteiger partial charge is 0.284 e. The summed E-state index contributed by atoms with van der Waals surface area (Å²) in [5.41, 5.74) is 0.792. The summed E-state index contributed by atoms with van der Waals surface area (Å²) in [6, 6.07) is 11.7. The van der Waals surface area contributed by atoms with Gasteiger partial charge in [0.25, 0.3) is 15.9 Å². The molecular weight excluding hydrogens is 467 g/mol. The topological polar surface area (TPSA) is 66.8 Å². The molecule has 0 N–H and O–H groups in total. The number of benzene rings is 2. The number of sulfonamides is 1. The Morgan fingerprint density at radius 1 is 1.14 bits per heavy atom. The third kappa shape index (κ3) is 4.60. The molecular formula is C19H14BrFN2O3S2. The van der Waals surface area contributed by atoms with Crippen molar-refractivity contribution in [3.8, 4) is 0 Å². The molecule has 2 aromatic carbocycles. The van der Waals surface area contributed by atoms with Crippen LogP contribution in [0.4, 0.5) is 4.39 Å². The van der Waals surface area contributed by atoms with E-state index in [1.807, 2.05) is 24.3 Å². The molecule has 1 heterocycles. The number of hydrogen-bond donors (Lipinski definition) is 0. The van der Waals surface area contributed by atoms with Gasteiger partial charge in [-0.25, -0.2) is 4.39 Å². The molecule has 0 bridgehead atoms. The number of amides is 1. The molecule has 1 aliphatic rings. The van der Waals surface area contributed by atoms with Gasteiger partial charge >= 0.3 is 0 Å². The van der Waals surface area contributed by atoms with E-state index in [1.165, 1.54) is 11.0 Å². The molecule has 0 aliphatic carbocycles. The lowest BCUT2D eigenvalue weighted by atomic mass is 10.2. The van der Waals surface area contributed by atoms with E-state index < -0.39 is 15.8 Å². The normalized spacial score (nSPS) is 17.5. The molecule has 0 unspecified atom stereocenters. The molecule has 1 saturated heterocycles. The zero-order chi connectivity index (χ0) is 20.3. The van der Waals surface area contributed by atoms with Gasteiger partial charge in [-0.1, -0.05) is 34.1 Å². The maximum absolute atomic E-state index is 13.1. The van der Waals surface area contributed by atoms with E-state index in [4.69, 9.17) is 0 Å². The molecule has 0 saturated carbocycles. The number of nitrogens with zero attached hydrogens (tertiary/aromatic N) is 2. The Kier molecular flexibility index (Phi) is 6.17. The van der Waals surface area contributed by atoms with Crippen LogP contribution >= 0.6 is 27.7 Å². The van der Waals surface area contributed by atoms with Gasteiger partial charge in [0.15, 0.2) is 5.17 Å². The minimum absolute atomic E-state index is 0.0255. The highest BCUT2D eigenvalue weighted by Gasteiger charge is 2.34.